The van der Waals surface area contributed by atoms with E-state index in [4.69, 9.17) is 4.74 Å². The molecule has 3 aromatic heterocycles. The first-order valence-electron chi connectivity index (χ1n) is 8.66. The minimum Gasteiger partial charge on any atom is -0.490 e. The summed E-state index contributed by atoms with van der Waals surface area (Å²) in [6.07, 6.45) is 3.65. The number of aryl methyl sites for hydroxylation is 2. The molecule has 0 unspecified atom stereocenters. The first kappa shape index (κ1) is 19.5. The molecule has 8 nitrogen and oxygen atoms in total. The van der Waals surface area contributed by atoms with Crippen LogP contribution in [0.4, 0.5) is 17.5 Å². The number of hydrogen-bond acceptors (Lipinski definition) is 8. The minimum absolute atomic E-state index is 0.422. The van der Waals surface area contributed by atoms with Gasteiger partial charge >= 0.3 is 0 Å². The van der Waals surface area contributed by atoms with Crippen molar-refractivity contribution in [2.45, 2.75) is 18.9 Å². The summed E-state index contributed by atoms with van der Waals surface area (Å²) >= 11 is 1.55. The predicted octanol–water partition coefficient (Wildman–Crippen LogP) is 3.64. The number of ether oxygens (including phenoxy) is 1. The predicted molar refractivity (Wildman–Crippen MR) is 110 cm³/mol. The maximum absolute atomic E-state index is 9.47. The van der Waals surface area contributed by atoms with Gasteiger partial charge in [0.05, 0.1) is 18.3 Å². The summed E-state index contributed by atoms with van der Waals surface area (Å²) in [5.41, 5.74) is 2.28. The normalized spacial score (nSPS) is 10.4. The standard InChI is InChI=1S/C19H21N7OS/c1-12-8-16(23-17-9-18(28-3)26-25-17)24-19(15(12)10-20)21-6-7-27-14-5-4-13(2)22-11-14/h4-5,8-9,11H,6-7H2,1-3H3,(H3,21,23,24,25,26). The number of hydrogen-bond donors (Lipinski definition) is 3. The number of pyridine rings is 2. The molecule has 0 aliphatic rings. The monoisotopic (exact) mass is 395 g/mol. The fourth-order valence-corrected chi connectivity index (χ4v) is 2.87. The van der Waals surface area contributed by atoms with Crippen molar-refractivity contribution in [2.24, 2.45) is 0 Å². The van der Waals surface area contributed by atoms with E-state index in [0.29, 0.717) is 36.1 Å². The Balaban J connectivity index is 1.65. The second-order valence-electron chi connectivity index (χ2n) is 6.02. The summed E-state index contributed by atoms with van der Waals surface area (Å²) in [5, 5.41) is 23.8. The number of nitrogens with one attached hydrogen (secondary N) is 3. The fraction of sp³-hybridized carbons (Fsp3) is 0.263. The minimum atomic E-state index is 0.422. The van der Waals surface area contributed by atoms with E-state index >= 15 is 0 Å². The summed E-state index contributed by atoms with van der Waals surface area (Å²) in [5.74, 6) is 2.58. The molecule has 0 saturated carbocycles. The summed E-state index contributed by atoms with van der Waals surface area (Å²) in [6.45, 7) is 4.73. The van der Waals surface area contributed by atoms with Gasteiger partial charge in [-0.05, 0) is 43.9 Å². The molecule has 3 aromatic rings. The number of nitrogens with zero attached hydrogens (tertiary/aromatic N) is 4. The number of rotatable bonds is 8. The molecule has 0 bridgehead atoms. The largest absolute Gasteiger partial charge is 0.490 e. The van der Waals surface area contributed by atoms with Crippen molar-refractivity contribution in [3.05, 3.63) is 47.3 Å². The second-order valence-corrected chi connectivity index (χ2v) is 6.85. The number of thioether (sulfide) groups is 1. The molecule has 144 valence electrons. The van der Waals surface area contributed by atoms with Crippen LogP contribution in [0.3, 0.4) is 0 Å². The highest BCUT2D eigenvalue weighted by Gasteiger charge is 2.11. The Morgan fingerprint density at radius 1 is 1.29 bits per heavy atom. The first-order valence-corrected chi connectivity index (χ1v) is 9.89. The summed E-state index contributed by atoms with van der Waals surface area (Å²) in [4.78, 5) is 8.72. The van der Waals surface area contributed by atoms with Gasteiger partial charge in [-0.2, -0.15) is 10.4 Å². The van der Waals surface area contributed by atoms with Crippen LogP contribution in [0.5, 0.6) is 5.75 Å². The third kappa shape index (κ3) is 4.92. The van der Waals surface area contributed by atoms with Crippen molar-refractivity contribution in [1.29, 1.82) is 5.26 Å². The lowest BCUT2D eigenvalue weighted by atomic mass is 10.1. The molecule has 0 aliphatic heterocycles. The van der Waals surface area contributed by atoms with Crippen LogP contribution < -0.4 is 15.4 Å². The number of aromatic amines is 1. The van der Waals surface area contributed by atoms with Crippen molar-refractivity contribution in [3.8, 4) is 11.8 Å². The third-order valence-electron chi connectivity index (χ3n) is 3.90. The SMILES string of the molecule is CSc1cc(Nc2cc(C)c(C#N)c(NCCOc3ccc(C)nc3)n2)[nH]n1. The van der Waals surface area contributed by atoms with Crippen LogP contribution >= 0.6 is 11.8 Å². The maximum atomic E-state index is 9.47. The van der Waals surface area contributed by atoms with Gasteiger partial charge in [0.2, 0.25) is 0 Å². The van der Waals surface area contributed by atoms with Gasteiger partial charge in [-0.15, -0.1) is 11.8 Å². The van der Waals surface area contributed by atoms with Gasteiger partial charge in [0.15, 0.2) is 0 Å². The number of nitriles is 1. The second kappa shape index (κ2) is 9.10. The summed E-state index contributed by atoms with van der Waals surface area (Å²) in [6, 6.07) is 9.71. The Hall–Kier alpha value is -3.25. The van der Waals surface area contributed by atoms with Crippen LogP contribution in [0.25, 0.3) is 0 Å². The summed E-state index contributed by atoms with van der Waals surface area (Å²) < 4.78 is 5.66. The molecule has 3 rings (SSSR count). The Labute approximate surface area is 167 Å². The van der Waals surface area contributed by atoms with Gasteiger partial charge in [0, 0.05) is 11.8 Å². The molecule has 3 N–H and O–H groups in total. The first-order chi connectivity index (χ1) is 13.6. The smallest absolute Gasteiger partial charge is 0.146 e. The zero-order valence-electron chi connectivity index (χ0n) is 15.9. The molecule has 28 heavy (non-hydrogen) atoms. The van der Waals surface area contributed by atoms with Gasteiger partial charge in [0.25, 0.3) is 0 Å². The zero-order valence-corrected chi connectivity index (χ0v) is 16.7. The molecule has 0 aromatic carbocycles. The van der Waals surface area contributed by atoms with Crippen molar-refractivity contribution >= 4 is 29.2 Å². The van der Waals surface area contributed by atoms with Crippen molar-refractivity contribution < 1.29 is 4.74 Å². The van der Waals surface area contributed by atoms with Crippen molar-refractivity contribution in [1.82, 2.24) is 20.2 Å². The van der Waals surface area contributed by atoms with Crippen LogP contribution in [-0.2, 0) is 0 Å². The van der Waals surface area contributed by atoms with Gasteiger partial charge < -0.3 is 15.4 Å². The Morgan fingerprint density at radius 2 is 2.14 bits per heavy atom. The molecule has 0 atom stereocenters. The van der Waals surface area contributed by atoms with E-state index in [-0.39, 0.29) is 0 Å². The summed E-state index contributed by atoms with van der Waals surface area (Å²) in [7, 11) is 0. The quantitative estimate of drug-likeness (QED) is 0.391. The number of anilines is 3. The maximum Gasteiger partial charge on any atom is 0.146 e. The molecular weight excluding hydrogens is 374 g/mol. The lowest BCUT2D eigenvalue weighted by Crippen LogP contribution is -2.14. The van der Waals surface area contributed by atoms with E-state index in [0.717, 1.165) is 22.1 Å². The fourth-order valence-electron chi connectivity index (χ4n) is 2.49. The molecule has 9 heteroatoms. The van der Waals surface area contributed by atoms with Crippen LogP contribution in [0.2, 0.25) is 0 Å². The highest BCUT2D eigenvalue weighted by atomic mass is 32.2. The van der Waals surface area contributed by atoms with E-state index in [2.05, 4.69) is 36.9 Å². The molecular formula is C19H21N7OS. The van der Waals surface area contributed by atoms with Gasteiger partial charge in [-0.1, -0.05) is 0 Å². The van der Waals surface area contributed by atoms with Gasteiger partial charge in [-0.25, -0.2) is 4.98 Å². The average molecular weight is 395 g/mol. The zero-order chi connectivity index (χ0) is 19.9. The molecule has 0 aliphatic carbocycles. The topological polar surface area (TPSA) is 112 Å². The molecule has 0 amide bonds. The van der Waals surface area contributed by atoms with Crippen LogP contribution in [0.1, 0.15) is 16.8 Å². The molecule has 0 radical (unpaired) electrons. The van der Waals surface area contributed by atoms with Crippen LogP contribution in [0, 0.1) is 25.2 Å². The highest BCUT2D eigenvalue weighted by molar-refractivity contribution is 7.98. The molecule has 3 heterocycles. The third-order valence-corrected chi connectivity index (χ3v) is 4.53. The van der Waals surface area contributed by atoms with Gasteiger partial charge in [-0.3, -0.25) is 10.1 Å². The lowest BCUT2D eigenvalue weighted by molar-refractivity contribution is 0.331. The Bertz CT molecular complexity index is 979. The van der Waals surface area contributed by atoms with Crippen molar-refractivity contribution in [3.63, 3.8) is 0 Å². The molecule has 0 spiro atoms. The van der Waals surface area contributed by atoms with E-state index in [1.807, 2.05) is 44.4 Å². The number of H-pyrrole nitrogens is 1. The van der Waals surface area contributed by atoms with E-state index < -0.39 is 0 Å². The van der Waals surface area contributed by atoms with Crippen LogP contribution in [0.15, 0.2) is 35.5 Å². The molecule has 0 fully saturated rings. The number of aromatic nitrogens is 4. The lowest BCUT2D eigenvalue weighted by Gasteiger charge is -2.13. The van der Waals surface area contributed by atoms with Gasteiger partial charge in [0.1, 0.15) is 40.9 Å². The average Bonchev–Trinajstić information content (AvgIpc) is 3.14. The van der Waals surface area contributed by atoms with Crippen LogP contribution in [-0.4, -0.2) is 39.6 Å². The van der Waals surface area contributed by atoms with E-state index in [1.165, 1.54) is 0 Å². The molecule has 0 saturated heterocycles. The highest BCUT2D eigenvalue weighted by Crippen LogP contribution is 2.24. The van der Waals surface area contributed by atoms with E-state index in [9.17, 15) is 5.26 Å². The van der Waals surface area contributed by atoms with Crippen molar-refractivity contribution in [2.75, 3.05) is 30.0 Å². The Morgan fingerprint density at radius 3 is 2.82 bits per heavy atom. The Kier molecular flexibility index (Phi) is 6.34. The van der Waals surface area contributed by atoms with E-state index in [1.54, 1.807) is 18.0 Å².